The molecule has 2 amide bonds. The summed E-state index contributed by atoms with van der Waals surface area (Å²) in [5, 5.41) is 14.1. The van der Waals surface area contributed by atoms with Crippen molar-refractivity contribution in [1.29, 1.82) is 0 Å². The summed E-state index contributed by atoms with van der Waals surface area (Å²) in [6.45, 7) is 3.42. The lowest BCUT2D eigenvalue weighted by molar-refractivity contribution is 0.0695. The smallest absolute Gasteiger partial charge is 0.339 e. The van der Waals surface area contributed by atoms with Gasteiger partial charge in [-0.3, -0.25) is 0 Å². The summed E-state index contributed by atoms with van der Waals surface area (Å²) in [4.78, 5) is 22.4. The Hall–Kier alpha value is -2.02. The molecular weight excluding hydrogens is 276 g/mol. The Labute approximate surface area is 122 Å². The third-order valence-corrected chi connectivity index (χ3v) is 3.20. The van der Waals surface area contributed by atoms with Crippen LogP contribution in [0, 0.1) is 12.8 Å². The zero-order valence-corrected chi connectivity index (χ0v) is 12.0. The highest BCUT2D eigenvalue weighted by molar-refractivity contribution is 5.88. The van der Waals surface area contributed by atoms with Crippen LogP contribution in [-0.4, -0.2) is 36.9 Å². The van der Waals surface area contributed by atoms with Crippen LogP contribution in [0.5, 0.6) is 0 Å². The number of carbonyl (C=O) groups is 2. The van der Waals surface area contributed by atoms with Crippen molar-refractivity contribution in [2.75, 3.05) is 19.8 Å². The summed E-state index contributed by atoms with van der Waals surface area (Å²) >= 11 is 0. The first-order chi connectivity index (χ1) is 10.1. The number of carbonyl (C=O) groups excluding carboxylic acids is 1. The number of carboxylic acids is 1. The molecule has 1 aliphatic carbocycles. The molecule has 0 unspecified atom stereocenters. The van der Waals surface area contributed by atoms with Gasteiger partial charge in [-0.15, -0.1) is 0 Å². The molecule has 0 spiro atoms. The van der Waals surface area contributed by atoms with Gasteiger partial charge >= 0.3 is 12.0 Å². The molecule has 1 saturated carbocycles. The monoisotopic (exact) mass is 296 g/mol. The molecule has 7 nitrogen and oxygen atoms in total. The highest BCUT2D eigenvalue weighted by atomic mass is 16.5. The molecule has 1 aliphatic rings. The molecule has 0 atom stereocenters. The summed E-state index contributed by atoms with van der Waals surface area (Å²) < 4.78 is 10.6. The number of rotatable bonds is 8. The number of hydrogen-bond donors (Lipinski definition) is 3. The van der Waals surface area contributed by atoms with Gasteiger partial charge in [-0.05, 0) is 31.7 Å². The molecular formula is C14H20N2O5. The maximum absolute atomic E-state index is 11.5. The zero-order chi connectivity index (χ0) is 15.2. The van der Waals surface area contributed by atoms with Gasteiger partial charge in [0.25, 0.3) is 0 Å². The van der Waals surface area contributed by atoms with Crippen LogP contribution in [0.15, 0.2) is 10.5 Å². The van der Waals surface area contributed by atoms with Crippen molar-refractivity contribution in [3.63, 3.8) is 0 Å². The number of aromatic carboxylic acids is 1. The number of aryl methyl sites for hydroxylation is 1. The Morgan fingerprint density at radius 3 is 2.81 bits per heavy atom. The minimum absolute atomic E-state index is 0.112. The normalized spacial score (nSPS) is 14.0. The summed E-state index contributed by atoms with van der Waals surface area (Å²) in [6.07, 6.45) is 2.49. The molecule has 1 fully saturated rings. The first kappa shape index (κ1) is 15.4. The van der Waals surface area contributed by atoms with Gasteiger partial charge in [-0.1, -0.05) is 0 Å². The lowest BCUT2D eigenvalue weighted by Gasteiger charge is -2.07. The molecule has 0 saturated heterocycles. The SMILES string of the molecule is Cc1oc(CNC(=O)NCCOCC2CC2)cc1C(=O)O. The zero-order valence-electron chi connectivity index (χ0n) is 12.0. The number of amides is 2. The van der Waals surface area contributed by atoms with Gasteiger partial charge in [0.2, 0.25) is 0 Å². The summed E-state index contributed by atoms with van der Waals surface area (Å²) in [5.41, 5.74) is 0.112. The number of nitrogens with one attached hydrogen (secondary N) is 2. The van der Waals surface area contributed by atoms with Gasteiger partial charge in [-0.25, -0.2) is 9.59 Å². The third-order valence-electron chi connectivity index (χ3n) is 3.20. The first-order valence-corrected chi connectivity index (χ1v) is 6.98. The molecule has 1 heterocycles. The van der Waals surface area contributed by atoms with Crippen molar-refractivity contribution in [2.45, 2.75) is 26.3 Å². The molecule has 2 rings (SSSR count). The van der Waals surface area contributed by atoms with Crippen molar-refractivity contribution in [1.82, 2.24) is 10.6 Å². The van der Waals surface area contributed by atoms with Crippen molar-refractivity contribution in [2.24, 2.45) is 5.92 Å². The minimum Gasteiger partial charge on any atom is -0.478 e. The lowest BCUT2D eigenvalue weighted by atomic mass is 10.2. The molecule has 116 valence electrons. The molecule has 7 heteroatoms. The van der Waals surface area contributed by atoms with E-state index in [9.17, 15) is 9.59 Å². The van der Waals surface area contributed by atoms with Crippen LogP contribution >= 0.6 is 0 Å². The van der Waals surface area contributed by atoms with E-state index in [1.807, 2.05) is 0 Å². The van der Waals surface area contributed by atoms with Crippen LogP contribution in [0.3, 0.4) is 0 Å². The van der Waals surface area contributed by atoms with Crippen LogP contribution in [0.1, 0.15) is 34.7 Å². The molecule has 0 bridgehead atoms. The Balaban J connectivity index is 1.61. The predicted octanol–water partition coefficient (Wildman–Crippen LogP) is 1.51. The van der Waals surface area contributed by atoms with Crippen LogP contribution in [0.2, 0.25) is 0 Å². The molecule has 3 N–H and O–H groups in total. The average molecular weight is 296 g/mol. The van der Waals surface area contributed by atoms with Crippen molar-refractivity contribution in [3.8, 4) is 0 Å². The van der Waals surface area contributed by atoms with Gasteiger partial charge in [-0.2, -0.15) is 0 Å². The number of hydrogen-bond acceptors (Lipinski definition) is 4. The maximum atomic E-state index is 11.5. The highest BCUT2D eigenvalue weighted by Crippen LogP contribution is 2.28. The van der Waals surface area contributed by atoms with Crippen LogP contribution in [0.4, 0.5) is 4.79 Å². The number of urea groups is 1. The average Bonchev–Trinajstić information content (AvgIpc) is 3.17. The fourth-order valence-corrected chi connectivity index (χ4v) is 1.84. The van der Waals surface area contributed by atoms with Crippen LogP contribution < -0.4 is 10.6 Å². The van der Waals surface area contributed by atoms with E-state index in [-0.39, 0.29) is 18.1 Å². The van der Waals surface area contributed by atoms with Gasteiger partial charge in [0.15, 0.2) is 0 Å². The van der Waals surface area contributed by atoms with Crippen molar-refractivity contribution >= 4 is 12.0 Å². The van der Waals surface area contributed by atoms with E-state index < -0.39 is 5.97 Å². The third kappa shape index (κ3) is 5.11. The Morgan fingerprint density at radius 2 is 2.19 bits per heavy atom. The van der Waals surface area contributed by atoms with Crippen LogP contribution in [0.25, 0.3) is 0 Å². The predicted molar refractivity (Wildman–Crippen MR) is 74.2 cm³/mol. The van der Waals surface area contributed by atoms with Gasteiger partial charge in [0.05, 0.1) is 13.2 Å². The number of ether oxygens (including phenoxy) is 1. The second kappa shape index (κ2) is 7.12. The lowest BCUT2D eigenvalue weighted by Crippen LogP contribution is -2.36. The molecule has 0 radical (unpaired) electrons. The van der Waals surface area contributed by atoms with Gasteiger partial charge < -0.3 is 24.9 Å². The van der Waals surface area contributed by atoms with E-state index in [0.717, 1.165) is 6.61 Å². The van der Waals surface area contributed by atoms with Gasteiger partial charge in [0.1, 0.15) is 17.1 Å². The largest absolute Gasteiger partial charge is 0.478 e. The molecule has 0 aliphatic heterocycles. The van der Waals surface area contributed by atoms with Gasteiger partial charge in [0, 0.05) is 13.2 Å². The summed E-state index contributed by atoms with van der Waals surface area (Å²) in [5.74, 6) is 0.405. The highest BCUT2D eigenvalue weighted by Gasteiger charge is 2.20. The number of furan rings is 1. The Bertz CT molecular complexity index is 507. The van der Waals surface area contributed by atoms with E-state index >= 15 is 0 Å². The van der Waals surface area contributed by atoms with E-state index in [1.54, 1.807) is 6.92 Å². The fraction of sp³-hybridized carbons (Fsp3) is 0.571. The topological polar surface area (TPSA) is 101 Å². The van der Waals surface area contributed by atoms with E-state index in [4.69, 9.17) is 14.3 Å². The molecule has 1 aromatic heterocycles. The quantitative estimate of drug-likeness (QED) is 0.631. The number of carboxylic acid groups (broad SMARTS) is 1. The van der Waals surface area contributed by atoms with E-state index in [0.29, 0.717) is 30.6 Å². The maximum Gasteiger partial charge on any atom is 0.339 e. The first-order valence-electron chi connectivity index (χ1n) is 6.98. The molecule has 1 aromatic rings. The van der Waals surface area contributed by atoms with Crippen LogP contribution in [-0.2, 0) is 11.3 Å². The second-order valence-electron chi connectivity index (χ2n) is 5.12. The van der Waals surface area contributed by atoms with Crippen molar-refractivity contribution in [3.05, 3.63) is 23.2 Å². The fourth-order valence-electron chi connectivity index (χ4n) is 1.84. The summed E-state index contributed by atoms with van der Waals surface area (Å²) in [6, 6.07) is 1.08. The Kier molecular flexibility index (Phi) is 5.21. The second-order valence-corrected chi connectivity index (χ2v) is 5.12. The standard InChI is InChI=1S/C14H20N2O5/c1-9-12(13(17)18)6-11(21-9)7-16-14(19)15-4-5-20-8-10-2-3-10/h6,10H,2-5,7-8H2,1H3,(H,17,18)(H2,15,16,19). The molecule has 21 heavy (non-hydrogen) atoms. The summed E-state index contributed by atoms with van der Waals surface area (Å²) in [7, 11) is 0. The Morgan fingerprint density at radius 1 is 1.43 bits per heavy atom. The van der Waals surface area contributed by atoms with Crippen molar-refractivity contribution < 1.29 is 23.8 Å². The van der Waals surface area contributed by atoms with E-state index in [2.05, 4.69) is 10.6 Å². The molecule has 0 aromatic carbocycles. The van der Waals surface area contributed by atoms with E-state index in [1.165, 1.54) is 18.9 Å². The minimum atomic E-state index is -1.04.